The van der Waals surface area contributed by atoms with Crippen LogP contribution in [0.2, 0.25) is 0 Å². The molecule has 0 radical (unpaired) electrons. The van der Waals surface area contributed by atoms with Crippen molar-refractivity contribution in [2.24, 2.45) is 10.7 Å². The van der Waals surface area contributed by atoms with Crippen molar-refractivity contribution in [3.63, 3.8) is 0 Å². The van der Waals surface area contributed by atoms with Gasteiger partial charge in [-0.05, 0) is 35.7 Å². The molecule has 4 heterocycles. The molecule has 1 unspecified atom stereocenters. The molecule has 1 aliphatic heterocycles. The molecule has 0 saturated carbocycles. The number of alkyl halides is 2. The molecule has 0 aromatic carbocycles. The molecule has 3 aromatic heterocycles. The van der Waals surface area contributed by atoms with Crippen LogP contribution in [-0.2, 0) is 4.74 Å². The van der Waals surface area contributed by atoms with Crippen LogP contribution < -0.4 is 11.1 Å². The first kappa shape index (κ1) is 25.5. The normalized spacial score (nSPS) is 17.0. The van der Waals surface area contributed by atoms with E-state index in [9.17, 15) is 8.78 Å². The van der Waals surface area contributed by atoms with Gasteiger partial charge in [0.1, 0.15) is 5.82 Å². The number of nitrogens with one attached hydrogen (secondary N) is 1. The monoisotopic (exact) mass is 496 g/mol. The SMILES string of the molecule is COC(CN=CC(=CN)c1cnc2ccc(Nc3cc(C(C)C)cnn3)nc2c1)CN1CC(F)(F)C1. The summed E-state index contributed by atoms with van der Waals surface area (Å²) in [6.45, 7) is 4.42. The van der Waals surface area contributed by atoms with Crippen LogP contribution in [-0.4, -0.2) is 76.6 Å². The number of rotatable bonds is 10. The second-order valence-electron chi connectivity index (χ2n) is 9.11. The van der Waals surface area contributed by atoms with E-state index < -0.39 is 5.92 Å². The number of fused-ring (bicyclic) bond motifs is 1. The summed E-state index contributed by atoms with van der Waals surface area (Å²) in [6.07, 6.45) is 6.24. The maximum atomic E-state index is 13.1. The lowest BCUT2D eigenvalue weighted by Gasteiger charge is -2.40. The molecule has 3 N–H and O–H groups in total. The number of anilines is 2. The Labute approximate surface area is 208 Å². The Morgan fingerprint density at radius 3 is 2.72 bits per heavy atom. The van der Waals surface area contributed by atoms with E-state index >= 15 is 0 Å². The number of aromatic nitrogens is 4. The Morgan fingerprint density at radius 2 is 2.03 bits per heavy atom. The van der Waals surface area contributed by atoms with E-state index in [1.807, 2.05) is 24.3 Å². The van der Waals surface area contributed by atoms with Gasteiger partial charge in [-0.15, -0.1) is 5.10 Å². The van der Waals surface area contributed by atoms with Crippen LogP contribution in [0.3, 0.4) is 0 Å². The van der Waals surface area contributed by atoms with Gasteiger partial charge in [0.2, 0.25) is 0 Å². The third-order valence-corrected chi connectivity index (χ3v) is 5.89. The van der Waals surface area contributed by atoms with Gasteiger partial charge in [0.25, 0.3) is 5.92 Å². The zero-order valence-electron chi connectivity index (χ0n) is 20.5. The Morgan fingerprint density at radius 1 is 1.22 bits per heavy atom. The fourth-order valence-corrected chi connectivity index (χ4v) is 3.84. The van der Waals surface area contributed by atoms with Gasteiger partial charge in [-0.3, -0.25) is 14.9 Å². The third-order valence-electron chi connectivity index (χ3n) is 5.89. The van der Waals surface area contributed by atoms with Crippen LogP contribution in [0.5, 0.6) is 0 Å². The lowest BCUT2D eigenvalue weighted by molar-refractivity contribution is -0.140. The quantitative estimate of drug-likeness (QED) is 0.409. The topological polar surface area (TPSA) is 114 Å². The van der Waals surface area contributed by atoms with Gasteiger partial charge in [-0.25, -0.2) is 13.8 Å². The number of hydrogen-bond acceptors (Lipinski definition) is 9. The first-order valence-electron chi connectivity index (χ1n) is 11.7. The van der Waals surface area contributed by atoms with Crippen molar-refractivity contribution in [3.8, 4) is 0 Å². The first-order valence-corrected chi connectivity index (χ1v) is 11.7. The molecule has 36 heavy (non-hydrogen) atoms. The molecule has 0 amide bonds. The van der Waals surface area contributed by atoms with Crippen molar-refractivity contribution in [1.82, 2.24) is 25.1 Å². The molecule has 9 nitrogen and oxygen atoms in total. The van der Waals surface area contributed by atoms with Crippen molar-refractivity contribution in [1.29, 1.82) is 0 Å². The molecule has 11 heteroatoms. The van der Waals surface area contributed by atoms with Gasteiger partial charge in [-0.2, -0.15) is 5.10 Å². The number of ether oxygens (including phenoxy) is 1. The number of nitrogens with zero attached hydrogens (tertiary/aromatic N) is 6. The lowest BCUT2D eigenvalue weighted by Crippen LogP contribution is -2.58. The molecule has 0 bridgehead atoms. The number of pyridine rings is 2. The van der Waals surface area contributed by atoms with Crippen LogP contribution in [0, 0.1) is 0 Å². The molecule has 1 fully saturated rings. The van der Waals surface area contributed by atoms with Crippen LogP contribution in [0.1, 0.15) is 30.9 Å². The van der Waals surface area contributed by atoms with Gasteiger partial charge in [0.15, 0.2) is 5.82 Å². The molecule has 190 valence electrons. The summed E-state index contributed by atoms with van der Waals surface area (Å²) < 4.78 is 31.5. The predicted molar refractivity (Wildman–Crippen MR) is 137 cm³/mol. The fraction of sp³-hybridized carbons (Fsp3) is 0.400. The maximum Gasteiger partial charge on any atom is 0.272 e. The van der Waals surface area contributed by atoms with Crippen LogP contribution >= 0.6 is 0 Å². The minimum absolute atomic E-state index is 0.243. The lowest BCUT2D eigenvalue weighted by atomic mass is 10.1. The highest BCUT2D eigenvalue weighted by atomic mass is 19.3. The molecule has 4 rings (SSSR count). The Hall–Kier alpha value is -3.57. The van der Waals surface area contributed by atoms with Gasteiger partial charge in [0.05, 0.1) is 43.0 Å². The highest BCUT2D eigenvalue weighted by Crippen LogP contribution is 2.27. The van der Waals surface area contributed by atoms with Crippen molar-refractivity contribution in [2.75, 3.05) is 38.6 Å². The fourth-order valence-electron chi connectivity index (χ4n) is 3.84. The summed E-state index contributed by atoms with van der Waals surface area (Å²) in [5.74, 6) is -1.04. The van der Waals surface area contributed by atoms with Crippen LogP contribution in [0.25, 0.3) is 16.6 Å². The number of methoxy groups -OCH3 is 1. The molecular weight excluding hydrogens is 466 g/mol. The summed E-state index contributed by atoms with van der Waals surface area (Å²) in [4.78, 5) is 15.2. The summed E-state index contributed by atoms with van der Waals surface area (Å²) in [5.41, 5.74) is 9.74. The van der Waals surface area contributed by atoms with E-state index in [1.54, 1.807) is 30.6 Å². The van der Waals surface area contributed by atoms with Crippen molar-refractivity contribution in [3.05, 3.63) is 54.0 Å². The average Bonchev–Trinajstić information content (AvgIpc) is 2.84. The van der Waals surface area contributed by atoms with E-state index in [1.165, 1.54) is 6.20 Å². The zero-order valence-corrected chi connectivity index (χ0v) is 20.5. The number of halogens is 2. The highest BCUT2D eigenvalue weighted by molar-refractivity contribution is 6.10. The summed E-state index contributed by atoms with van der Waals surface area (Å²) in [7, 11) is 1.55. The van der Waals surface area contributed by atoms with Crippen molar-refractivity contribution >= 4 is 34.5 Å². The largest absolute Gasteiger partial charge is 0.404 e. The van der Waals surface area contributed by atoms with E-state index in [0.717, 1.165) is 16.6 Å². The predicted octanol–water partition coefficient (Wildman–Crippen LogP) is 3.62. The smallest absolute Gasteiger partial charge is 0.272 e. The van der Waals surface area contributed by atoms with Crippen LogP contribution in [0.4, 0.5) is 20.4 Å². The Bertz CT molecular complexity index is 1260. The number of likely N-dealkylation sites (tertiary alicyclic amines) is 1. The minimum atomic E-state index is -2.60. The van der Waals surface area contributed by atoms with Gasteiger partial charge >= 0.3 is 0 Å². The molecule has 1 atom stereocenters. The van der Waals surface area contributed by atoms with Crippen molar-refractivity contribution < 1.29 is 13.5 Å². The average molecular weight is 497 g/mol. The summed E-state index contributed by atoms with van der Waals surface area (Å²) in [6, 6.07) is 7.53. The molecule has 0 aliphatic carbocycles. The Kier molecular flexibility index (Phi) is 7.80. The summed E-state index contributed by atoms with van der Waals surface area (Å²) >= 11 is 0. The van der Waals surface area contributed by atoms with Gasteiger partial charge in [0, 0.05) is 43.4 Å². The zero-order chi connectivity index (χ0) is 25.7. The maximum absolute atomic E-state index is 13.1. The highest BCUT2D eigenvalue weighted by Gasteiger charge is 2.44. The number of hydrogen-bond donors (Lipinski definition) is 2. The molecule has 1 saturated heterocycles. The van der Waals surface area contributed by atoms with Gasteiger partial charge in [-0.1, -0.05) is 13.8 Å². The van der Waals surface area contributed by atoms with E-state index in [4.69, 9.17) is 10.5 Å². The first-order chi connectivity index (χ1) is 17.3. The molecule has 1 aliphatic rings. The van der Waals surface area contributed by atoms with Gasteiger partial charge < -0.3 is 15.8 Å². The van der Waals surface area contributed by atoms with E-state index in [-0.39, 0.29) is 19.2 Å². The number of aliphatic imine (C=N–C) groups is 1. The minimum Gasteiger partial charge on any atom is -0.404 e. The van der Waals surface area contributed by atoms with E-state index in [0.29, 0.717) is 41.7 Å². The second kappa shape index (κ2) is 11.0. The molecule has 3 aromatic rings. The molecular formula is C25H30F2N8O. The van der Waals surface area contributed by atoms with Crippen LogP contribution in [0.15, 0.2) is 47.9 Å². The molecule has 0 spiro atoms. The third kappa shape index (κ3) is 6.35. The van der Waals surface area contributed by atoms with E-state index in [2.05, 4.69) is 44.3 Å². The second-order valence-corrected chi connectivity index (χ2v) is 9.11. The standard InChI is InChI=1S/C25H30F2N8O/c1-16(2)17-7-24(34-31-11-17)33-23-5-4-21-22(32-23)6-18(10-30-21)19(8-28)9-29-12-20(36-3)13-35-14-25(26,27)15-35/h4-11,16,20H,12-15,28H2,1-3H3,(H,32,33,34). The Balaban J connectivity index is 1.44. The number of allylic oxidation sites excluding steroid dienone is 1. The number of nitrogens with two attached hydrogens (primary N) is 1. The van der Waals surface area contributed by atoms with Crippen molar-refractivity contribution in [2.45, 2.75) is 31.8 Å². The summed E-state index contributed by atoms with van der Waals surface area (Å²) in [5, 5.41) is 11.4.